The Balaban J connectivity index is 1.48. The Bertz CT molecular complexity index is 986. The van der Waals surface area contributed by atoms with Gasteiger partial charge in [0.25, 0.3) is 5.91 Å². The minimum Gasteiger partial charge on any atom is -0.339 e. The van der Waals surface area contributed by atoms with E-state index in [1.54, 1.807) is 10.9 Å². The standard InChI is InChI=1S/C21H18N4O/c26-21(20-8-4-14-24(20)16-17-6-2-1-3-7-17)23-18-9-11-19(12-10-18)25-15-5-13-22-25/h1-15H,16H2,(H,23,26). The summed E-state index contributed by atoms with van der Waals surface area (Å²) < 4.78 is 3.72. The van der Waals surface area contributed by atoms with Gasteiger partial charge in [-0.05, 0) is 48.0 Å². The third-order valence-corrected chi connectivity index (χ3v) is 4.15. The van der Waals surface area contributed by atoms with E-state index in [9.17, 15) is 4.79 Å². The fraction of sp³-hybridized carbons (Fsp3) is 0.0476. The molecule has 0 spiro atoms. The van der Waals surface area contributed by atoms with E-state index in [-0.39, 0.29) is 5.91 Å². The molecule has 0 aliphatic rings. The average Bonchev–Trinajstić information content (AvgIpc) is 3.35. The highest BCUT2D eigenvalue weighted by molar-refractivity contribution is 6.03. The minimum absolute atomic E-state index is 0.127. The number of amides is 1. The number of hydrogen-bond acceptors (Lipinski definition) is 2. The third-order valence-electron chi connectivity index (χ3n) is 4.15. The number of aromatic nitrogens is 3. The predicted octanol–water partition coefficient (Wildman–Crippen LogP) is 3.97. The van der Waals surface area contributed by atoms with Gasteiger partial charge in [0.1, 0.15) is 5.69 Å². The van der Waals surface area contributed by atoms with Crippen molar-refractivity contribution in [3.05, 3.63) is 103 Å². The van der Waals surface area contributed by atoms with Gasteiger partial charge >= 0.3 is 0 Å². The van der Waals surface area contributed by atoms with Crippen LogP contribution in [0.3, 0.4) is 0 Å². The smallest absolute Gasteiger partial charge is 0.272 e. The van der Waals surface area contributed by atoms with Gasteiger partial charge in [-0.3, -0.25) is 4.79 Å². The summed E-state index contributed by atoms with van der Waals surface area (Å²) in [5.41, 5.74) is 3.48. The number of anilines is 1. The van der Waals surface area contributed by atoms with Gasteiger partial charge in [-0.25, -0.2) is 4.68 Å². The van der Waals surface area contributed by atoms with Crippen LogP contribution in [0.15, 0.2) is 91.4 Å². The molecule has 26 heavy (non-hydrogen) atoms. The summed E-state index contributed by atoms with van der Waals surface area (Å²) in [5, 5.41) is 7.15. The molecule has 0 unspecified atom stereocenters. The molecule has 0 radical (unpaired) electrons. The lowest BCUT2D eigenvalue weighted by Gasteiger charge is -2.10. The van der Waals surface area contributed by atoms with Crippen molar-refractivity contribution in [3.8, 4) is 5.69 Å². The molecule has 5 heteroatoms. The molecule has 0 aliphatic carbocycles. The van der Waals surface area contributed by atoms with Crippen molar-refractivity contribution in [1.82, 2.24) is 14.3 Å². The molecule has 0 saturated carbocycles. The van der Waals surface area contributed by atoms with E-state index in [0.717, 1.165) is 16.9 Å². The van der Waals surface area contributed by atoms with E-state index in [1.807, 2.05) is 77.6 Å². The van der Waals surface area contributed by atoms with Gasteiger partial charge in [-0.15, -0.1) is 0 Å². The Morgan fingerprint density at radius 1 is 0.885 bits per heavy atom. The highest BCUT2D eigenvalue weighted by Gasteiger charge is 2.11. The van der Waals surface area contributed by atoms with Crippen LogP contribution >= 0.6 is 0 Å². The summed E-state index contributed by atoms with van der Waals surface area (Å²) in [6.07, 6.45) is 5.53. The molecule has 2 aromatic heterocycles. The van der Waals surface area contributed by atoms with Gasteiger partial charge in [-0.1, -0.05) is 30.3 Å². The Labute approximate surface area is 151 Å². The summed E-state index contributed by atoms with van der Waals surface area (Å²) in [4.78, 5) is 12.7. The molecule has 2 heterocycles. The van der Waals surface area contributed by atoms with Crippen LogP contribution in [0.1, 0.15) is 16.1 Å². The highest BCUT2D eigenvalue weighted by Crippen LogP contribution is 2.15. The molecule has 1 amide bonds. The second kappa shape index (κ2) is 7.11. The van der Waals surface area contributed by atoms with Crippen molar-refractivity contribution in [2.75, 3.05) is 5.32 Å². The Kier molecular flexibility index (Phi) is 4.35. The summed E-state index contributed by atoms with van der Waals surface area (Å²) in [6, 6.07) is 23.3. The zero-order valence-electron chi connectivity index (χ0n) is 14.1. The van der Waals surface area contributed by atoms with Crippen LogP contribution < -0.4 is 5.32 Å². The summed E-state index contributed by atoms with van der Waals surface area (Å²) in [7, 11) is 0. The lowest BCUT2D eigenvalue weighted by molar-refractivity contribution is 0.101. The number of benzene rings is 2. The van der Waals surface area contributed by atoms with Crippen molar-refractivity contribution in [3.63, 3.8) is 0 Å². The number of hydrogen-bond donors (Lipinski definition) is 1. The fourth-order valence-electron chi connectivity index (χ4n) is 2.85. The lowest BCUT2D eigenvalue weighted by atomic mass is 10.2. The molecular formula is C21H18N4O. The Hall–Kier alpha value is -3.60. The monoisotopic (exact) mass is 342 g/mol. The molecule has 2 aromatic carbocycles. The molecule has 5 nitrogen and oxygen atoms in total. The second-order valence-corrected chi connectivity index (χ2v) is 5.96. The van der Waals surface area contributed by atoms with E-state index >= 15 is 0 Å². The van der Waals surface area contributed by atoms with Crippen molar-refractivity contribution >= 4 is 11.6 Å². The summed E-state index contributed by atoms with van der Waals surface area (Å²) in [6.45, 7) is 0.662. The van der Waals surface area contributed by atoms with Crippen LogP contribution in [-0.2, 0) is 6.54 Å². The van der Waals surface area contributed by atoms with Crippen LogP contribution in [0.25, 0.3) is 5.69 Å². The first-order valence-corrected chi connectivity index (χ1v) is 8.40. The second-order valence-electron chi connectivity index (χ2n) is 5.96. The largest absolute Gasteiger partial charge is 0.339 e. The molecule has 0 aliphatic heterocycles. The summed E-state index contributed by atoms with van der Waals surface area (Å²) in [5.74, 6) is -0.127. The first-order valence-electron chi connectivity index (χ1n) is 8.40. The van der Waals surface area contributed by atoms with E-state index in [0.29, 0.717) is 12.2 Å². The zero-order chi connectivity index (χ0) is 17.8. The van der Waals surface area contributed by atoms with E-state index in [1.165, 1.54) is 0 Å². The van der Waals surface area contributed by atoms with Gasteiger partial charge in [0.15, 0.2) is 0 Å². The minimum atomic E-state index is -0.127. The van der Waals surface area contributed by atoms with Gasteiger partial charge in [0.05, 0.1) is 5.69 Å². The number of carbonyl (C=O) groups is 1. The van der Waals surface area contributed by atoms with Crippen LogP contribution in [0.4, 0.5) is 5.69 Å². The van der Waals surface area contributed by atoms with E-state index < -0.39 is 0 Å². The maximum Gasteiger partial charge on any atom is 0.272 e. The molecule has 4 rings (SSSR count). The number of nitrogens with one attached hydrogen (secondary N) is 1. The number of rotatable bonds is 5. The number of carbonyl (C=O) groups excluding carboxylic acids is 1. The Morgan fingerprint density at radius 3 is 2.42 bits per heavy atom. The van der Waals surface area contributed by atoms with Crippen molar-refractivity contribution in [1.29, 1.82) is 0 Å². The van der Waals surface area contributed by atoms with Crippen LogP contribution in [0, 0.1) is 0 Å². The fourth-order valence-corrected chi connectivity index (χ4v) is 2.85. The molecule has 0 atom stereocenters. The maximum absolute atomic E-state index is 12.7. The molecule has 0 saturated heterocycles. The molecule has 1 N–H and O–H groups in total. The Morgan fingerprint density at radius 2 is 1.69 bits per heavy atom. The molecular weight excluding hydrogens is 324 g/mol. The van der Waals surface area contributed by atoms with E-state index in [4.69, 9.17) is 0 Å². The van der Waals surface area contributed by atoms with Crippen molar-refractivity contribution in [2.24, 2.45) is 0 Å². The summed E-state index contributed by atoms with van der Waals surface area (Å²) >= 11 is 0. The third kappa shape index (κ3) is 3.42. The highest BCUT2D eigenvalue weighted by atomic mass is 16.1. The molecule has 128 valence electrons. The first-order chi connectivity index (χ1) is 12.8. The van der Waals surface area contributed by atoms with Crippen LogP contribution in [0.5, 0.6) is 0 Å². The quantitative estimate of drug-likeness (QED) is 0.596. The molecule has 0 fully saturated rings. The normalized spacial score (nSPS) is 10.6. The van der Waals surface area contributed by atoms with Gasteiger partial charge in [-0.2, -0.15) is 5.10 Å². The van der Waals surface area contributed by atoms with Crippen LogP contribution in [-0.4, -0.2) is 20.3 Å². The average molecular weight is 342 g/mol. The molecule has 0 bridgehead atoms. The number of nitrogens with zero attached hydrogens (tertiary/aromatic N) is 3. The SMILES string of the molecule is O=C(Nc1ccc(-n2cccn2)cc1)c1cccn1Cc1ccccc1. The maximum atomic E-state index is 12.7. The van der Waals surface area contributed by atoms with Gasteiger partial charge < -0.3 is 9.88 Å². The first kappa shape index (κ1) is 15.9. The van der Waals surface area contributed by atoms with Gasteiger partial charge in [0, 0.05) is 30.8 Å². The lowest BCUT2D eigenvalue weighted by Crippen LogP contribution is -2.17. The topological polar surface area (TPSA) is 51.9 Å². The van der Waals surface area contributed by atoms with Crippen LogP contribution in [0.2, 0.25) is 0 Å². The van der Waals surface area contributed by atoms with Crippen molar-refractivity contribution < 1.29 is 4.79 Å². The molecule has 4 aromatic rings. The van der Waals surface area contributed by atoms with Gasteiger partial charge in [0.2, 0.25) is 0 Å². The van der Waals surface area contributed by atoms with Crippen molar-refractivity contribution in [2.45, 2.75) is 6.54 Å². The zero-order valence-corrected chi connectivity index (χ0v) is 14.1. The predicted molar refractivity (Wildman–Crippen MR) is 101 cm³/mol. The van der Waals surface area contributed by atoms with E-state index in [2.05, 4.69) is 22.5 Å².